The maximum atomic E-state index is 12.8. The summed E-state index contributed by atoms with van der Waals surface area (Å²) in [6, 6.07) is 7.18. The van der Waals surface area contributed by atoms with Gasteiger partial charge in [0.15, 0.2) is 0 Å². The number of benzene rings is 1. The smallest absolute Gasteiger partial charge is 0.323 e. The minimum atomic E-state index is -0.793. The van der Waals surface area contributed by atoms with Crippen molar-refractivity contribution in [3.8, 4) is 6.07 Å². The van der Waals surface area contributed by atoms with Gasteiger partial charge in [0.05, 0.1) is 35.4 Å². The van der Waals surface area contributed by atoms with Crippen LogP contribution in [0.3, 0.4) is 0 Å². The highest BCUT2D eigenvalue weighted by Gasteiger charge is 2.44. The molecule has 1 aromatic carbocycles. The topological polar surface area (TPSA) is 131 Å². The van der Waals surface area contributed by atoms with Gasteiger partial charge in [-0.3, -0.25) is 4.79 Å². The lowest BCUT2D eigenvalue weighted by atomic mass is 10.0. The number of aromatic nitrogens is 2. The molecule has 9 heteroatoms. The Labute approximate surface area is 193 Å². The summed E-state index contributed by atoms with van der Waals surface area (Å²) in [6.07, 6.45) is 3.34. The van der Waals surface area contributed by atoms with E-state index < -0.39 is 12.0 Å². The molecular weight excluding hydrogens is 420 g/mol. The van der Waals surface area contributed by atoms with Crippen molar-refractivity contribution in [2.75, 3.05) is 28.6 Å². The SMILES string of the molecule is CC(C)CN(CC(C)C)c1ccc([C@H]2CC2C(=O)O)cc1NC(=O)Nc1cnc(C#N)nc1. The van der Waals surface area contributed by atoms with Gasteiger partial charge < -0.3 is 20.6 Å². The summed E-state index contributed by atoms with van der Waals surface area (Å²) in [5.41, 5.74) is 2.77. The third-order valence-corrected chi connectivity index (χ3v) is 5.33. The Kier molecular flexibility index (Phi) is 7.48. The van der Waals surface area contributed by atoms with Gasteiger partial charge in [0.2, 0.25) is 5.82 Å². The maximum absolute atomic E-state index is 12.8. The number of hydrogen-bond donors (Lipinski definition) is 3. The number of rotatable bonds is 9. The average Bonchev–Trinajstić information content (AvgIpc) is 3.54. The summed E-state index contributed by atoms with van der Waals surface area (Å²) in [7, 11) is 0. The van der Waals surface area contributed by atoms with Crippen LogP contribution in [0, 0.1) is 29.1 Å². The molecule has 3 rings (SSSR count). The zero-order valence-electron chi connectivity index (χ0n) is 19.4. The van der Waals surface area contributed by atoms with E-state index in [4.69, 9.17) is 5.26 Å². The van der Waals surface area contributed by atoms with Gasteiger partial charge >= 0.3 is 12.0 Å². The first-order chi connectivity index (χ1) is 15.7. The monoisotopic (exact) mass is 450 g/mol. The fourth-order valence-corrected chi connectivity index (χ4v) is 3.88. The first-order valence-electron chi connectivity index (χ1n) is 11.1. The van der Waals surface area contributed by atoms with E-state index in [1.165, 1.54) is 12.4 Å². The van der Waals surface area contributed by atoms with Crippen LogP contribution in [0.25, 0.3) is 0 Å². The maximum Gasteiger partial charge on any atom is 0.323 e. The molecule has 0 saturated heterocycles. The number of nitrogens with zero attached hydrogens (tertiary/aromatic N) is 4. The van der Waals surface area contributed by atoms with Crippen molar-refractivity contribution >= 4 is 29.1 Å². The average molecular weight is 451 g/mol. The van der Waals surface area contributed by atoms with Crippen LogP contribution in [0.5, 0.6) is 0 Å². The number of urea groups is 1. The Hall–Kier alpha value is -3.67. The Morgan fingerprint density at radius 1 is 1.15 bits per heavy atom. The second kappa shape index (κ2) is 10.3. The summed E-state index contributed by atoms with van der Waals surface area (Å²) in [5.74, 6) is -0.363. The third-order valence-electron chi connectivity index (χ3n) is 5.33. The molecule has 2 aromatic rings. The largest absolute Gasteiger partial charge is 0.481 e. The second-order valence-corrected chi connectivity index (χ2v) is 9.24. The quantitative estimate of drug-likeness (QED) is 0.519. The molecule has 1 saturated carbocycles. The van der Waals surface area contributed by atoms with Crippen LogP contribution in [0.15, 0.2) is 30.6 Å². The van der Waals surface area contributed by atoms with Crippen LogP contribution in [0.2, 0.25) is 0 Å². The lowest BCUT2D eigenvalue weighted by Crippen LogP contribution is -2.32. The minimum absolute atomic E-state index is 0.0198. The van der Waals surface area contributed by atoms with E-state index in [-0.39, 0.29) is 17.7 Å². The zero-order valence-corrected chi connectivity index (χ0v) is 19.4. The third kappa shape index (κ3) is 6.42. The van der Waals surface area contributed by atoms with Gasteiger partial charge in [0.1, 0.15) is 6.07 Å². The summed E-state index contributed by atoms with van der Waals surface area (Å²) in [5, 5.41) is 23.8. The highest BCUT2D eigenvalue weighted by molar-refractivity contribution is 6.01. The van der Waals surface area contributed by atoms with Crippen LogP contribution >= 0.6 is 0 Å². The predicted octanol–water partition coefficient (Wildman–Crippen LogP) is 4.30. The predicted molar refractivity (Wildman–Crippen MR) is 126 cm³/mol. The molecule has 2 amide bonds. The number of carbonyl (C=O) groups excluding carboxylic acids is 1. The zero-order chi connectivity index (χ0) is 24.1. The van der Waals surface area contributed by atoms with Crippen molar-refractivity contribution in [2.24, 2.45) is 17.8 Å². The molecule has 33 heavy (non-hydrogen) atoms. The Bertz CT molecular complexity index is 1040. The summed E-state index contributed by atoms with van der Waals surface area (Å²) < 4.78 is 0. The van der Waals surface area contributed by atoms with E-state index in [0.29, 0.717) is 29.6 Å². The normalized spacial score (nSPS) is 16.9. The van der Waals surface area contributed by atoms with Crippen LogP contribution in [-0.2, 0) is 4.79 Å². The van der Waals surface area contributed by atoms with Crippen LogP contribution in [0.4, 0.5) is 21.9 Å². The number of hydrogen-bond acceptors (Lipinski definition) is 6. The van der Waals surface area contributed by atoms with Crippen LogP contribution in [-0.4, -0.2) is 40.2 Å². The first kappa shape index (κ1) is 24.0. The van der Waals surface area contributed by atoms with Gasteiger partial charge in [-0.25, -0.2) is 14.8 Å². The number of nitriles is 1. The van der Waals surface area contributed by atoms with Crippen molar-refractivity contribution in [3.05, 3.63) is 42.0 Å². The number of carbonyl (C=O) groups is 2. The van der Waals surface area contributed by atoms with Gasteiger partial charge in [-0.15, -0.1) is 0 Å². The van der Waals surface area contributed by atoms with E-state index in [9.17, 15) is 14.7 Å². The summed E-state index contributed by atoms with van der Waals surface area (Å²) in [6.45, 7) is 10.2. The number of aliphatic carboxylic acids is 1. The lowest BCUT2D eigenvalue weighted by molar-refractivity contribution is -0.138. The van der Waals surface area contributed by atoms with Gasteiger partial charge in [-0.2, -0.15) is 5.26 Å². The fraction of sp³-hybridized carbons (Fsp3) is 0.458. The molecule has 174 valence electrons. The van der Waals surface area contributed by atoms with Gasteiger partial charge in [0.25, 0.3) is 0 Å². The molecule has 1 aliphatic carbocycles. The molecule has 1 aliphatic rings. The fourth-order valence-electron chi connectivity index (χ4n) is 3.88. The van der Waals surface area contributed by atoms with E-state index in [0.717, 1.165) is 24.3 Å². The minimum Gasteiger partial charge on any atom is -0.481 e. The Morgan fingerprint density at radius 2 is 1.79 bits per heavy atom. The molecule has 1 heterocycles. The first-order valence-corrected chi connectivity index (χ1v) is 11.1. The van der Waals surface area contributed by atoms with E-state index in [1.807, 2.05) is 24.3 Å². The molecule has 0 aliphatic heterocycles. The van der Waals surface area contributed by atoms with Crippen molar-refractivity contribution in [1.29, 1.82) is 5.26 Å². The van der Waals surface area contributed by atoms with Crippen LogP contribution < -0.4 is 15.5 Å². The highest BCUT2D eigenvalue weighted by Crippen LogP contribution is 2.49. The standard InChI is InChI=1S/C24H30N6O3/c1-14(2)12-30(13-15(3)4)21-6-5-16(18-8-19(18)23(31)32)7-20(21)29-24(33)28-17-10-26-22(9-25)27-11-17/h5-7,10-11,14-15,18-19H,8,12-13H2,1-4H3,(H,31,32)(H2,28,29,33)/t18-,19?/m1/s1. The molecule has 3 N–H and O–H groups in total. The molecule has 1 unspecified atom stereocenters. The number of amides is 2. The Balaban J connectivity index is 1.88. The van der Waals surface area contributed by atoms with Crippen molar-refractivity contribution in [2.45, 2.75) is 40.0 Å². The number of carboxylic acid groups (broad SMARTS) is 1. The van der Waals surface area contributed by atoms with Crippen LogP contribution in [0.1, 0.15) is 51.4 Å². The molecule has 9 nitrogen and oxygen atoms in total. The Morgan fingerprint density at radius 3 is 2.30 bits per heavy atom. The lowest BCUT2D eigenvalue weighted by Gasteiger charge is -2.30. The summed E-state index contributed by atoms with van der Waals surface area (Å²) in [4.78, 5) is 34.1. The van der Waals surface area contributed by atoms with Crippen molar-refractivity contribution in [3.63, 3.8) is 0 Å². The molecule has 0 radical (unpaired) electrons. The molecule has 0 spiro atoms. The number of carboxylic acids is 1. The van der Waals surface area contributed by atoms with Gasteiger partial charge in [-0.05, 0) is 41.9 Å². The van der Waals surface area contributed by atoms with Crippen molar-refractivity contribution in [1.82, 2.24) is 9.97 Å². The number of nitrogens with one attached hydrogen (secondary N) is 2. The van der Waals surface area contributed by atoms with Gasteiger partial charge in [0, 0.05) is 13.1 Å². The molecule has 2 atom stereocenters. The second-order valence-electron chi connectivity index (χ2n) is 9.24. The van der Waals surface area contributed by atoms with E-state index in [1.54, 1.807) is 0 Å². The molecular formula is C24H30N6O3. The highest BCUT2D eigenvalue weighted by atomic mass is 16.4. The van der Waals surface area contributed by atoms with Crippen molar-refractivity contribution < 1.29 is 14.7 Å². The van der Waals surface area contributed by atoms with E-state index in [2.05, 4.69) is 53.2 Å². The van der Waals surface area contributed by atoms with Gasteiger partial charge in [-0.1, -0.05) is 33.8 Å². The molecule has 1 aromatic heterocycles. The van der Waals surface area contributed by atoms with E-state index >= 15 is 0 Å². The summed E-state index contributed by atoms with van der Waals surface area (Å²) >= 11 is 0. The molecule has 0 bridgehead atoms. The molecule has 1 fully saturated rings. The number of anilines is 3.